The van der Waals surface area contributed by atoms with Gasteiger partial charge in [0.1, 0.15) is 12.1 Å². The lowest BCUT2D eigenvalue weighted by molar-refractivity contribution is 0.248. The van der Waals surface area contributed by atoms with Crippen LogP contribution in [-0.4, -0.2) is 16.6 Å². The van der Waals surface area contributed by atoms with E-state index in [4.69, 9.17) is 9.72 Å². The maximum atomic E-state index is 6.15. The summed E-state index contributed by atoms with van der Waals surface area (Å²) in [6, 6.07) is 8.37. The lowest BCUT2D eigenvalue weighted by Crippen LogP contribution is -2.15. The van der Waals surface area contributed by atoms with Crippen LogP contribution in [0.15, 0.2) is 36.8 Å². The zero-order valence-corrected chi connectivity index (χ0v) is 21.2. The van der Waals surface area contributed by atoms with Gasteiger partial charge in [-0.05, 0) is 48.8 Å². The number of para-hydroxylation sites is 1. The fourth-order valence-corrected chi connectivity index (χ4v) is 5.31. The monoisotopic (exact) mass is 450 g/mol. The van der Waals surface area contributed by atoms with Crippen molar-refractivity contribution in [3.63, 3.8) is 0 Å². The van der Waals surface area contributed by atoms with E-state index in [-0.39, 0.29) is 0 Å². The second-order valence-electron chi connectivity index (χ2n) is 10.1. The van der Waals surface area contributed by atoms with E-state index >= 15 is 0 Å². The van der Waals surface area contributed by atoms with Gasteiger partial charge in [-0.3, -0.25) is 0 Å². The molecule has 0 amide bonds. The van der Waals surface area contributed by atoms with Crippen molar-refractivity contribution in [2.75, 3.05) is 6.61 Å². The number of ether oxygens (including phenoxy) is 1. The smallest absolute Gasteiger partial charge is 0.128 e. The van der Waals surface area contributed by atoms with Crippen LogP contribution in [0.5, 0.6) is 5.75 Å². The summed E-state index contributed by atoms with van der Waals surface area (Å²) in [7, 11) is 0. The highest BCUT2D eigenvalue weighted by Crippen LogP contribution is 2.36. The highest BCUT2D eigenvalue weighted by molar-refractivity contribution is 5.69. The van der Waals surface area contributed by atoms with E-state index in [9.17, 15) is 0 Å². The molecule has 33 heavy (non-hydrogen) atoms. The average molecular weight is 451 g/mol. The van der Waals surface area contributed by atoms with Crippen molar-refractivity contribution in [1.82, 2.24) is 9.97 Å². The van der Waals surface area contributed by atoms with E-state index in [0.29, 0.717) is 0 Å². The third-order valence-electron chi connectivity index (χ3n) is 7.44. The van der Waals surface area contributed by atoms with Gasteiger partial charge in [-0.2, -0.15) is 0 Å². The van der Waals surface area contributed by atoms with Gasteiger partial charge in [0, 0.05) is 11.8 Å². The molecule has 0 spiro atoms. The first-order valence-corrected chi connectivity index (χ1v) is 13.8. The molecule has 0 saturated heterocycles. The van der Waals surface area contributed by atoms with Crippen LogP contribution < -0.4 is 4.74 Å². The number of hydrogen-bond donors (Lipinski definition) is 0. The molecule has 0 aliphatic heterocycles. The van der Waals surface area contributed by atoms with Crippen LogP contribution in [0.25, 0.3) is 11.3 Å². The normalized spacial score (nSPS) is 18.4. The zero-order chi connectivity index (χ0) is 23.1. The van der Waals surface area contributed by atoms with Crippen LogP contribution in [0.2, 0.25) is 0 Å². The predicted octanol–water partition coefficient (Wildman–Crippen LogP) is 8.81. The van der Waals surface area contributed by atoms with Gasteiger partial charge in [0.15, 0.2) is 0 Å². The summed E-state index contributed by atoms with van der Waals surface area (Å²) in [6.07, 6.45) is 23.7. The maximum Gasteiger partial charge on any atom is 0.128 e. The minimum absolute atomic E-state index is 0.771. The van der Waals surface area contributed by atoms with Crippen LogP contribution in [0.1, 0.15) is 109 Å². The van der Waals surface area contributed by atoms with E-state index in [0.717, 1.165) is 48.3 Å². The molecule has 1 aromatic heterocycles. The Morgan fingerprint density at radius 2 is 1.52 bits per heavy atom. The van der Waals surface area contributed by atoms with Gasteiger partial charge in [-0.1, -0.05) is 103 Å². The Morgan fingerprint density at radius 1 is 0.818 bits per heavy atom. The largest absolute Gasteiger partial charge is 0.493 e. The van der Waals surface area contributed by atoms with Crippen molar-refractivity contribution < 1.29 is 4.74 Å². The van der Waals surface area contributed by atoms with E-state index in [1.165, 1.54) is 89.0 Å². The quantitative estimate of drug-likeness (QED) is 0.254. The second kappa shape index (κ2) is 15.1. The van der Waals surface area contributed by atoms with Crippen molar-refractivity contribution >= 4 is 0 Å². The predicted molar refractivity (Wildman–Crippen MR) is 140 cm³/mol. The Labute approximate surface area is 202 Å². The number of unbranched alkanes of at least 4 members (excludes halogenated alkanes) is 6. The molecule has 0 bridgehead atoms. The average Bonchev–Trinajstić information content (AvgIpc) is 2.86. The summed E-state index contributed by atoms with van der Waals surface area (Å²) in [4.78, 5) is 9.06. The summed E-state index contributed by atoms with van der Waals surface area (Å²) >= 11 is 0. The topological polar surface area (TPSA) is 35.0 Å². The Hall–Kier alpha value is -1.90. The molecule has 0 radical (unpaired) electrons. The summed E-state index contributed by atoms with van der Waals surface area (Å²) < 4.78 is 6.15. The van der Waals surface area contributed by atoms with Crippen molar-refractivity contribution in [1.29, 1.82) is 0 Å². The molecule has 182 valence electrons. The van der Waals surface area contributed by atoms with Crippen molar-refractivity contribution in [2.24, 2.45) is 11.8 Å². The highest BCUT2D eigenvalue weighted by atomic mass is 16.5. The van der Waals surface area contributed by atoms with Crippen LogP contribution in [0.3, 0.4) is 0 Å². The molecule has 1 aromatic carbocycles. The molecule has 0 unspecified atom stereocenters. The van der Waals surface area contributed by atoms with Crippen molar-refractivity contribution in [3.05, 3.63) is 42.4 Å². The SMILES string of the molecule is CCCCCCCC1CCC(CCc2cncnc2-c2ccccc2OCCCCC)CC1. The molecule has 0 atom stereocenters. The molecule has 1 heterocycles. The number of hydrogen-bond acceptors (Lipinski definition) is 3. The van der Waals surface area contributed by atoms with Crippen LogP contribution in [0, 0.1) is 11.8 Å². The van der Waals surface area contributed by atoms with Crippen molar-refractivity contribution in [3.8, 4) is 17.0 Å². The molecule has 1 fully saturated rings. The van der Waals surface area contributed by atoms with Crippen LogP contribution >= 0.6 is 0 Å². The van der Waals surface area contributed by atoms with E-state index in [2.05, 4.69) is 43.1 Å². The summed E-state index contributed by atoms with van der Waals surface area (Å²) in [5, 5.41) is 0. The third kappa shape index (κ3) is 8.76. The Kier molecular flexibility index (Phi) is 11.8. The third-order valence-corrected chi connectivity index (χ3v) is 7.44. The summed E-state index contributed by atoms with van der Waals surface area (Å²) in [5.74, 6) is 2.79. The molecule has 3 rings (SSSR count). The molecule has 3 heteroatoms. The first kappa shape index (κ1) is 25.7. The summed E-state index contributed by atoms with van der Waals surface area (Å²) in [6.45, 7) is 5.29. The van der Waals surface area contributed by atoms with Gasteiger partial charge >= 0.3 is 0 Å². The Morgan fingerprint density at radius 3 is 2.30 bits per heavy atom. The standard InChI is InChI=1S/C30H46N2O/c1-3-5-7-8-9-13-25-16-18-26(19-17-25)20-21-27-23-31-24-32-30(27)28-14-10-11-15-29(28)33-22-12-6-4-2/h10-11,14-15,23-26H,3-9,12-13,16-22H2,1-2H3. The number of benzene rings is 1. The number of aryl methyl sites for hydroxylation is 1. The number of nitrogens with zero attached hydrogens (tertiary/aromatic N) is 2. The Balaban J connectivity index is 1.50. The number of rotatable bonds is 15. The Bertz CT molecular complexity index is 782. The molecular weight excluding hydrogens is 404 g/mol. The van der Waals surface area contributed by atoms with E-state index in [1.54, 1.807) is 6.33 Å². The van der Waals surface area contributed by atoms with Gasteiger partial charge in [0.05, 0.1) is 12.3 Å². The fraction of sp³-hybridized carbons (Fsp3) is 0.667. The highest BCUT2D eigenvalue weighted by Gasteiger charge is 2.21. The van der Waals surface area contributed by atoms with Gasteiger partial charge in [-0.25, -0.2) is 9.97 Å². The van der Waals surface area contributed by atoms with Gasteiger partial charge in [-0.15, -0.1) is 0 Å². The van der Waals surface area contributed by atoms with Gasteiger partial charge in [0.2, 0.25) is 0 Å². The first-order valence-electron chi connectivity index (χ1n) is 13.8. The van der Waals surface area contributed by atoms with E-state index in [1.807, 2.05) is 6.20 Å². The van der Waals surface area contributed by atoms with Gasteiger partial charge < -0.3 is 4.74 Å². The number of aromatic nitrogens is 2. The zero-order valence-electron chi connectivity index (χ0n) is 21.2. The lowest BCUT2D eigenvalue weighted by atomic mass is 9.77. The molecule has 1 aliphatic rings. The minimum atomic E-state index is 0.771. The fourth-order valence-electron chi connectivity index (χ4n) is 5.31. The first-order chi connectivity index (χ1) is 16.3. The molecular formula is C30H46N2O. The van der Waals surface area contributed by atoms with Crippen LogP contribution in [0.4, 0.5) is 0 Å². The summed E-state index contributed by atoms with van der Waals surface area (Å²) in [5.41, 5.74) is 3.43. The van der Waals surface area contributed by atoms with Crippen molar-refractivity contribution in [2.45, 2.75) is 110 Å². The van der Waals surface area contributed by atoms with E-state index < -0.39 is 0 Å². The molecule has 2 aromatic rings. The molecule has 0 N–H and O–H groups in total. The molecule has 1 saturated carbocycles. The minimum Gasteiger partial charge on any atom is -0.493 e. The van der Waals surface area contributed by atoms with Gasteiger partial charge in [0.25, 0.3) is 0 Å². The molecule has 3 nitrogen and oxygen atoms in total. The maximum absolute atomic E-state index is 6.15. The second-order valence-corrected chi connectivity index (χ2v) is 10.1. The lowest BCUT2D eigenvalue weighted by Gasteiger charge is -2.28. The molecule has 1 aliphatic carbocycles. The van der Waals surface area contributed by atoms with Crippen LogP contribution in [-0.2, 0) is 6.42 Å².